The molecular formula is C22H20N4O4. The molecule has 0 spiro atoms. The number of fused-ring (bicyclic) bond motifs is 1. The third kappa shape index (κ3) is 4.07. The molecule has 1 atom stereocenters. The van der Waals surface area contributed by atoms with Crippen LogP contribution in [0.25, 0.3) is 0 Å². The van der Waals surface area contributed by atoms with Crippen molar-refractivity contribution in [3.05, 3.63) is 82.4 Å². The van der Waals surface area contributed by atoms with Crippen molar-refractivity contribution in [1.82, 2.24) is 15.3 Å². The molecule has 8 heteroatoms. The van der Waals surface area contributed by atoms with E-state index in [4.69, 9.17) is 4.74 Å². The van der Waals surface area contributed by atoms with Crippen LogP contribution in [0.5, 0.6) is 11.5 Å². The highest BCUT2D eigenvalue weighted by Gasteiger charge is 2.30. The number of ether oxygens (including phenoxy) is 1. The molecule has 2 amide bonds. The third-order valence-corrected chi connectivity index (χ3v) is 4.90. The Kier molecular flexibility index (Phi) is 5.30. The standard InChI is InChI=1S/C22H20N4O4/c1-26-20-14(8-10-19(27)25-20)7-9-17(22(26)29)24-21(28)18-13-16(11-12-23-18)30-15-5-3-2-4-6-15/h2-6,8,10-13,17H,7,9H2,1H3,(H,24,28)(H,25,27)/t17-/m0/s1. The van der Waals surface area contributed by atoms with Crippen LogP contribution in [0, 0.1) is 0 Å². The summed E-state index contributed by atoms with van der Waals surface area (Å²) in [7, 11) is 1.58. The molecule has 0 fully saturated rings. The first-order valence-electron chi connectivity index (χ1n) is 9.51. The number of hydrogen-bond donors (Lipinski definition) is 2. The van der Waals surface area contributed by atoms with E-state index >= 15 is 0 Å². The van der Waals surface area contributed by atoms with E-state index in [-0.39, 0.29) is 17.2 Å². The quantitative estimate of drug-likeness (QED) is 0.694. The molecule has 0 unspecified atom stereocenters. The molecule has 2 N–H and O–H groups in total. The highest BCUT2D eigenvalue weighted by Crippen LogP contribution is 2.23. The van der Waals surface area contributed by atoms with E-state index in [1.165, 1.54) is 23.2 Å². The molecule has 2 aromatic heterocycles. The number of nitrogens with one attached hydrogen (secondary N) is 2. The smallest absolute Gasteiger partial charge is 0.270 e. The molecule has 4 rings (SSSR count). The summed E-state index contributed by atoms with van der Waals surface area (Å²) in [5.74, 6) is 0.791. The average Bonchev–Trinajstić information content (AvgIpc) is 2.87. The van der Waals surface area contributed by atoms with Crippen molar-refractivity contribution in [3.8, 4) is 11.5 Å². The van der Waals surface area contributed by atoms with E-state index in [9.17, 15) is 14.4 Å². The Bertz CT molecular complexity index is 1140. The van der Waals surface area contributed by atoms with Crippen molar-refractivity contribution < 1.29 is 14.3 Å². The van der Waals surface area contributed by atoms with Gasteiger partial charge in [0.2, 0.25) is 11.5 Å². The molecule has 0 saturated heterocycles. The summed E-state index contributed by atoms with van der Waals surface area (Å²) >= 11 is 0. The van der Waals surface area contributed by atoms with Gasteiger partial charge in [0.25, 0.3) is 5.91 Å². The minimum atomic E-state index is -0.737. The van der Waals surface area contributed by atoms with E-state index in [2.05, 4.69) is 15.3 Å². The van der Waals surface area contributed by atoms with Gasteiger partial charge in [0.15, 0.2) is 0 Å². The summed E-state index contributed by atoms with van der Waals surface area (Å²) in [5.41, 5.74) is 0.711. The second kappa shape index (κ2) is 8.20. The van der Waals surface area contributed by atoms with Gasteiger partial charge in [0.05, 0.1) is 0 Å². The zero-order valence-corrected chi connectivity index (χ0v) is 16.3. The van der Waals surface area contributed by atoms with Crippen LogP contribution in [-0.4, -0.2) is 34.9 Å². The predicted molar refractivity (Wildman–Crippen MR) is 111 cm³/mol. The fourth-order valence-corrected chi connectivity index (χ4v) is 3.35. The summed E-state index contributed by atoms with van der Waals surface area (Å²) in [6, 6.07) is 14.8. The van der Waals surface area contributed by atoms with Crippen molar-refractivity contribution in [3.63, 3.8) is 0 Å². The SMILES string of the molecule is CN1C(=O)[C@@H](NC(=O)c2cc(Oc3ccccc3)ccn2)CCc2ccc(=O)[nH]c21. The minimum absolute atomic E-state index is 0.147. The topological polar surface area (TPSA) is 104 Å². The second-order valence-corrected chi connectivity index (χ2v) is 6.95. The Morgan fingerprint density at radius 1 is 1.13 bits per heavy atom. The minimum Gasteiger partial charge on any atom is -0.457 e. The van der Waals surface area contributed by atoms with Crippen molar-refractivity contribution in [2.45, 2.75) is 18.9 Å². The Balaban J connectivity index is 1.49. The fourth-order valence-electron chi connectivity index (χ4n) is 3.35. The lowest BCUT2D eigenvalue weighted by Crippen LogP contribution is -2.47. The number of carbonyl (C=O) groups is 2. The lowest BCUT2D eigenvalue weighted by Gasteiger charge is -2.21. The van der Waals surface area contributed by atoms with Gasteiger partial charge in [-0.25, -0.2) is 0 Å². The van der Waals surface area contributed by atoms with Gasteiger partial charge in [0.1, 0.15) is 29.1 Å². The maximum absolute atomic E-state index is 12.8. The van der Waals surface area contributed by atoms with Crippen LogP contribution in [-0.2, 0) is 11.2 Å². The molecule has 152 valence electrons. The molecule has 3 heterocycles. The summed E-state index contributed by atoms with van der Waals surface area (Å²) in [6.07, 6.45) is 2.43. The number of para-hydroxylation sites is 1. The van der Waals surface area contributed by atoms with Gasteiger partial charge in [-0.15, -0.1) is 0 Å². The number of hydrogen-bond acceptors (Lipinski definition) is 5. The number of amides is 2. The van der Waals surface area contributed by atoms with Crippen LogP contribution >= 0.6 is 0 Å². The predicted octanol–water partition coefficient (Wildman–Crippen LogP) is 2.27. The number of aromatic amines is 1. The number of benzene rings is 1. The monoisotopic (exact) mass is 404 g/mol. The van der Waals surface area contributed by atoms with Gasteiger partial charge in [0, 0.05) is 25.4 Å². The molecule has 0 aliphatic carbocycles. The van der Waals surface area contributed by atoms with Gasteiger partial charge in [-0.2, -0.15) is 0 Å². The summed E-state index contributed by atoms with van der Waals surface area (Å²) in [5, 5.41) is 2.76. The van der Waals surface area contributed by atoms with Crippen LogP contribution in [0.2, 0.25) is 0 Å². The third-order valence-electron chi connectivity index (χ3n) is 4.90. The largest absolute Gasteiger partial charge is 0.457 e. The van der Waals surface area contributed by atoms with E-state index in [0.29, 0.717) is 30.2 Å². The van der Waals surface area contributed by atoms with Crippen LogP contribution in [0.4, 0.5) is 5.82 Å². The van der Waals surface area contributed by atoms with Gasteiger partial charge >= 0.3 is 0 Å². The lowest BCUT2D eigenvalue weighted by molar-refractivity contribution is -0.120. The van der Waals surface area contributed by atoms with Gasteiger partial charge in [-0.3, -0.25) is 24.3 Å². The highest BCUT2D eigenvalue weighted by atomic mass is 16.5. The Morgan fingerprint density at radius 3 is 2.73 bits per heavy atom. The van der Waals surface area contributed by atoms with Crippen LogP contribution in [0.15, 0.2) is 65.6 Å². The number of aryl methyl sites for hydroxylation is 1. The Labute approximate surface area is 172 Å². The number of aromatic nitrogens is 2. The zero-order valence-electron chi connectivity index (χ0n) is 16.3. The molecule has 1 aliphatic heterocycles. The molecule has 3 aromatic rings. The number of anilines is 1. The number of carbonyl (C=O) groups excluding carboxylic acids is 2. The molecule has 1 aromatic carbocycles. The molecule has 0 saturated carbocycles. The van der Waals surface area contributed by atoms with E-state index in [0.717, 1.165) is 5.56 Å². The normalized spacial score (nSPS) is 15.8. The molecular weight excluding hydrogens is 384 g/mol. The highest BCUT2D eigenvalue weighted by molar-refractivity contribution is 6.01. The number of pyridine rings is 2. The van der Waals surface area contributed by atoms with E-state index in [1.807, 2.05) is 30.3 Å². The number of likely N-dealkylation sites (N-methyl/N-ethyl adjacent to an activating group) is 1. The summed E-state index contributed by atoms with van der Waals surface area (Å²) in [4.78, 5) is 45.4. The first kappa shape index (κ1) is 19.4. The first-order valence-corrected chi connectivity index (χ1v) is 9.51. The van der Waals surface area contributed by atoms with E-state index in [1.54, 1.807) is 19.2 Å². The van der Waals surface area contributed by atoms with Crippen LogP contribution in [0.1, 0.15) is 22.5 Å². The lowest BCUT2D eigenvalue weighted by atomic mass is 10.1. The maximum Gasteiger partial charge on any atom is 0.270 e. The second-order valence-electron chi connectivity index (χ2n) is 6.95. The zero-order chi connectivity index (χ0) is 21.1. The van der Waals surface area contributed by atoms with E-state index < -0.39 is 11.9 Å². The molecule has 1 aliphatic rings. The number of rotatable bonds is 4. The fraction of sp³-hybridized carbons (Fsp3) is 0.182. The molecule has 30 heavy (non-hydrogen) atoms. The summed E-state index contributed by atoms with van der Waals surface area (Å²) in [6.45, 7) is 0. The van der Waals surface area contributed by atoms with Crippen LogP contribution < -0.4 is 20.5 Å². The molecule has 0 bridgehead atoms. The number of H-pyrrole nitrogens is 1. The van der Waals surface area contributed by atoms with Gasteiger partial charge < -0.3 is 15.0 Å². The molecule has 0 radical (unpaired) electrons. The van der Waals surface area contributed by atoms with Crippen molar-refractivity contribution in [2.75, 3.05) is 11.9 Å². The maximum atomic E-state index is 12.8. The van der Waals surface area contributed by atoms with Gasteiger partial charge in [-0.05, 0) is 42.7 Å². The average molecular weight is 404 g/mol. The summed E-state index contributed by atoms with van der Waals surface area (Å²) < 4.78 is 5.74. The van der Waals surface area contributed by atoms with Crippen molar-refractivity contribution in [1.29, 1.82) is 0 Å². The Hall–Kier alpha value is -3.94. The van der Waals surface area contributed by atoms with Crippen molar-refractivity contribution >= 4 is 17.6 Å². The van der Waals surface area contributed by atoms with Gasteiger partial charge in [-0.1, -0.05) is 18.2 Å². The number of nitrogens with zero attached hydrogens (tertiary/aromatic N) is 2. The molecule has 8 nitrogen and oxygen atoms in total. The van der Waals surface area contributed by atoms with Crippen LogP contribution in [0.3, 0.4) is 0 Å². The first-order chi connectivity index (χ1) is 14.5. The Morgan fingerprint density at radius 2 is 1.93 bits per heavy atom. The van der Waals surface area contributed by atoms with Crippen molar-refractivity contribution in [2.24, 2.45) is 0 Å².